The van der Waals surface area contributed by atoms with Gasteiger partial charge >= 0.3 is 0 Å². The molecule has 12 fully saturated rings. The number of thiazole rings is 4. The summed E-state index contributed by atoms with van der Waals surface area (Å²) in [4.78, 5) is 155. The number of nitrogens with zero attached hydrogens (tertiary/aromatic N) is 12. The predicted octanol–water partition coefficient (Wildman–Crippen LogP) is 17.2. The van der Waals surface area contributed by atoms with Crippen LogP contribution in [0.1, 0.15) is 373 Å². The lowest BCUT2D eigenvalue weighted by atomic mass is 9.78. The first-order valence-electron chi connectivity index (χ1n) is 51.8. The number of rotatable bonds is 30. The number of aliphatic hydroxyl groups excluding tert-OH is 1. The van der Waals surface area contributed by atoms with Crippen LogP contribution in [0.5, 0.6) is 0 Å². The molecule has 0 spiro atoms. The Hall–Kier alpha value is -10.1. The van der Waals surface area contributed by atoms with E-state index in [0.717, 1.165) is 228 Å². The molecule has 142 heavy (non-hydrogen) atoms. The molecule has 8 saturated heterocycles. The highest BCUT2D eigenvalue weighted by molar-refractivity contribution is 7.18. The molecule has 32 nitrogen and oxygen atoms in total. The standard InChI is InChI=1S/2C27H37N5O3S.2C26H35N5O3S/c1-15-13-20(31-27(5)11-6-12-27)28-14-19(15)22-21(25(34)32-17-7-8-18(32)10-9-17)30-24(36-22)23(33)29-16(2)26(3,4)35;1-5-20(16-6-7-16)30-21-12-15(2)19(13-28-21)23-22(26(34)32-17-8-9-18(32)11-10-17)31-25(36-23)24(33)29-14-27(3,4)35;1-15-12-19(30-26(4)10-5-11-26)27-13-18(15)21-20(24(33)31-16-6-7-17(31)9-8-16)29-23(35-21)22(32)28-14-25(2,3)34;1-4-15(3)28-21-12-14(2)18(13-27-21)23-22(26(34)31-16-8-9-17(31)11-10-16)30-25(35-23)24(33)29-19-6-5-7-20(19)32/h13-14,16-18,35H,6-12H2,1-5H3,(H,28,31)(H,29,33);12-13,16-18,20,35H,5-11,14H2,1-4H3,(H,28,30)(H,29,33);12-13,16-17,34H,5-11,14H2,1-4H3,(H,27,30)(H,28,32);12-13,15-17,19-20,32H,4-11H2,1-3H3,(H,27,28)(H,29,33)/t16-,17?,18?;17?,18?,20-;;15-,16?,17?,19+,20+/m01.1/s1. The van der Waals surface area contributed by atoms with Crippen LogP contribution in [-0.4, -0.2) is 247 Å². The second kappa shape index (κ2) is 42.2. The lowest BCUT2D eigenvalue weighted by molar-refractivity contribution is 0.0408. The molecule has 764 valence electrons. The van der Waals surface area contributed by atoms with E-state index in [1.165, 1.54) is 71.0 Å². The molecule has 8 bridgehead atoms. The molecule has 8 aromatic heterocycles. The van der Waals surface area contributed by atoms with Crippen LogP contribution in [0.3, 0.4) is 0 Å². The van der Waals surface area contributed by atoms with Crippen molar-refractivity contribution in [3.63, 3.8) is 0 Å². The summed E-state index contributed by atoms with van der Waals surface area (Å²) < 4.78 is 0. The second-order valence-corrected chi connectivity index (χ2v) is 48.5. The van der Waals surface area contributed by atoms with Gasteiger partial charge in [-0.05, 0) is 336 Å². The second-order valence-electron chi connectivity index (χ2n) is 44.5. The van der Waals surface area contributed by atoms with E-state index in [4.69, 9.17) is 0 Å². The Morgan fingerprint density at radius 3 is 0.979 bits per heavy atom. The largest absolute Gasteiger partial charge is 0.391 e. The maximum absolute atomic E-state index is 13.8. The molecule has 8 aromatic rings. The smallest absolute Gasteiger partial charge is 0.280 e. The zero-order chi connectivity index (χ0) is 101. The van der Waals surface area contributed by atoms with Gasteiger partial charge in [0.1, 0.15) is 46.0 Å². The lowest BCUT2D eigenvalue weighted by Crippen LogP contribution is -2.47. The lowest BCUT2D eigenvalue weighted by Gasteiger charge is -2.39. The molecule has 0 unspecified atom stereocenters. The molecule has 4 aliphatic carbocycles. The molecule has 12 N–H and O–H groups in total. The van der Waals surface area contributed by atoms with Crippen molar-refractivity contribution in [2.24, 2.45) is 5.92 Å². The average molecular weight is 2020 g/mol. The number of aliphatic hydroxyl groups is 4. The van der Waals surface area contributed by atoms with Gasteiger partial charge in [-0.1, -0.05) is 13.8 Å². The number of hydrogen-bond donors (Lipinski definition) is 12. The Morgan fingerprint density at radius 2 is 0.711 bits per heavy atom. The molecule has 0 aromatic carbocycles. The number of aryl methyl sites for hydroxylation is 4. The number of carbonyl (C=O) groups excluding carboxylic acids is 8. The first kappa shape index (κ1) is 103. The molecule has 8 aliphatic heterocycles. The summed E-state index contributed by atoms with van der Waals surface area (Å²) in [6, 6.07) is 10.2. The molecular formula is C106H144N20O12S4. The predicted molar refractivity (Wildman–Crippen MR) is 556 cm³/mol. The van der Waals surface area contributed by atoms with Crippen LogP contribution in [0, 0.1) is 33.6 Å². The molecular weight excluding hydrogens is 1870 g/mol. The van der Waals surface area contributed by atoms with Crippen molar-refractivity contribution in [2.75, 3.05) is 34.4 Å². The first-order valence-corrected chi connectivity index (χ1v) is 55.1. The van der Waals surface area contributed by atoms with E-state index in [2.05, 4.69) is 117 Å². The molecule has 5 atom stereocenters. The van der Waals surface area contributed by atoms with Gasteiger partial charge in [-0.25, -0.2) is 39.9 Å². The van der Waals surface area contributed by atoms with E-state index in [9.17, 15) is 58.8 Å². The highest BCUT2D eigenvalue weighted by atomic mass is 32.1. The quantitative estimate of drug-likeness (QED) is 0.0199. The normalized spacial score (nSPS) is 23.6. The number of carbonyl (C=O) groups is 8. The number of pyridine rings is 4. The maximum atomic E-state index is 13.8. The van der Waals surface area contributed by atoms with E-state index in [1.54, 1.807) is 73.3 Å². The fraction of sp³-hybridized carbons (Fsp3) is 0.623. The number of fused-ring (bicyclic) bond motifs is 8. The molecule has 0 radical (unpaired) electrons. The van der Waals surface area contributed by atoms with Crippen molar-refractivity contribution in [3.05, 3.63) is 114 Å². The number of anilines is 4. The zero-order valence-electron chi connectivity index (χ0n) is 85.2. The summed E-state index contributed by atoms with van der Waals surface area (Å²) in [5.74, 6) is 2.17. The van der Waals surface area contributed by atoms with Crippen molar-refractivity contribution in [1.29, 1.82) is 0 Å². The molecule has 4 saturated carbocycles. The molecule has 36 heteroatoms. The summed E-state index contributed by atoms with van der Waals surface area (Å²) >= 11 is 4.90. The minimum absolute atomic E-state index is 0.0811. The van der Waals surface area contributed by atoms with E-state index in [1.807, 2.05) is 71.6 Å². The Labute approximate surface area is 849 Å². The third-order valence-electron chi connectivity index (χ3n) is 31.6. The van der Waals surface area contributed by atoms with E-state index < -0.39 is 28.9 Å². The van der Waals surface area contributed by atoms with Crippen molar-refractivity contribution >= 4 is 116 Å². The van der Waals surface area contributed by atoms with Crippen LogP contribution in [-0.2, 0) is 0 Å². The highest BCUT2D eigenvalue weighted by Crippen LogP contribution is 2.49. The number of nitrogens with one attached hydrogen (secondary N) is 8. The Kier molecular flexibility index (Phi) is 30.7. The Balaban J connectivity index is 0.000000130. The SMILES string of the molecule is CC[C@@H](C)Nc1cc(C)c(-c2sc(C(=O)N[C@H]3CCC[C@@H]3O)nc2C(=O)N2C3CCC2CC3)cn1.CC[C@@H](Nc1cc(C)c(-c2sc(C(=O)NCC(C)(C)O)nc2C(=O)N2C3CCC2CC3)cn1)C1CC1.Cc1cc(NC2(C)CCC2)ncc1-c1sc(C(=O)NCC(C)(C)O)nc1C(=O)N1C2CCC1CC2.Cc1cc(NC2(C)CCC2)ncc1-c1sc(C(=O)N[C@@H](C)C(C)(C)O)nc1C(=O)N1C2CCC1CC2. The van der Waals surface area contributed by atoms with E-state index in [0.29, 0.717) is 60.8 Å². The van der Waals surface area contributed by atoms with Gasteiger partial charge in [0.15, 0.2) is 20.0 Å². The Morgan fingerprint density at radius 1 is 0.408 bits per heavy atom. The van der Waals surface area contributed by atoms with Gasteiger partial charge in [-0.15, -0.1) is 45.3 Å². The maximum Gasteiger partial charge on any atom is 0.280 e. The molecule has 12 aliphatic rings. The van der Waals surface area contributed by atoms with E-state index >= 15 is 0 Å². The van der Waals surface area contributed by atoms with Crippen LogP contribution >= 0.6 is 45.3 Å². The van der Waals surface area contributed by atoms with Crippen LogP contribution < -0.4 is 42.5 Å². The van der Waals surface area contributed by atoms with Gasteiger partial charge in [-0.3, -0.25) is 38.4 Å². The van der Waals surface area contributed by atoms with Gasteiger partial charge in [0.2, 0.25) is 0 Å². The fourth-order valence-electron chi connectivity index (χ4n) is 22.3. The van der Waals surface area contributed by atoms with Gasteiger partial charge in [0.05, 0.1) is 54.5 Å². The van der Waals surface area contributed by atoms with Gasteiger partial charge in [0.25, 0.3) is 47.3 Å². The molecule has 8 amide bonds. The summed E-state index contributed by atoms with van der Waals surface area (Å²) in [5.41, 5.74) is 5.59. The Bertz CT molecular complexity index is 5960. The first-order chi connectivity index (χ1) is 67.5. The topological polar surface area (TPSA) is 430 Å². The van der Waals surface area contributed by atoms with Gasteiger partial charge < -0.3 is 82.6 Å². The highest BCUT2D eigenvalue weighted by Gasteiger charge is 2.50. The van der Waals surface area contributed by atoms with Crippen LogP contribution in [0.25, 0.3) is 41.8 Å². The van der Waals surface area contributed by atoms with Gasteiger partial charge in [0, 0.05) is 132 Å². The molecule has 16 heterocycles. The number of aromatic nitrogens is 8. The summed E-state index contributed by atoms with van der Waals surface area (Å²) in [7, 11) is 0. The fourth-order valence-corrected chi connectivity index (χ4v) is 26.5. The van der Waals surface area contributed by atoms with Crippen molar-refractivity contribution in [2.45, 2.75) is 403 Å². The summed E-state index contributed by atoms with van der Waals surface area (Å²) in [6.45, 7) is 30.7. The van der Waals surface area contributed by atoms with Crippen molar-refractivity contribution < 1.29 is 58.8 Å². The summed E-state index contributed by atoms with van der Waals surface area (Å²) in [5, 5.41) is 66.7. The van der Waals surface area contributed by atoms with Crippen molar-refractivity contribution in [1.82, 2.24) is 80.7 Å². The minimum atomic E-state index is -1.08. The minimum Gasteiger partial charge on any atom is -0.391 e. The summed E-state index contributed by atoms with van der Waals surface area (Å²) in [6.07, 6.45) is 37.1. The number of hydrogen-bond acceptors (Lipinski definition) is 28. The van der Waals surface area contributed by atoms with Crippen LogP contribution in [0.4, 0.5) is 23.3 Å². The zero-order valence-corrected chi connectivity index (χ0v) is 88.4. The van der Waals surface area contributed by atoms with Gasteiger partial charge in [-0.2, -0.15) is 0 Å². The van der Waals surface area contributed by atoms with Crippen LogP contribution in [0.2, 0.25) is 0 Å². The number of amides is 8. The van der Waals surface area contributed by atoms with E-state index in [-0.39, 0.29) is 146 Å². The third-order valence-corrected chi connectivity index (χ3v) is 35.9. The molecule has 20 rings (SSSR count). The average Bonchev–Trinajstić information content (AvgIpc) is 1.60. The van der Waals surface area contributed by atoms with Crippen molar-refractivity contribution in [3.8, 4) is 41.8 Å². The third kappa shape index (κ3) is 22.9. The van der Waals surface area contributed by atoms with Crippen LogP contribution in [0.15, 0.2) is 49.1 Å². The monoisotopic (exact) mass is 2020 g/mol.